The summed E-state index contributed by atoms with van der Waals surface area (Å²) in [4.78, 5) is 15.0. The monoisotopic (exact) mass is 311 g/mol. The molecule has 1 heterocycles. The van der Waals surface area contributed by atoms with Crippen LogP contribution in [0.4, 0.5) is 4.39 Å². The summed E-state index contributed by atoms with van der Waals surface area (Å²) in [6.45, 7) is 1.86. The zero-order chi connectivity index (χ0) is 16.2. The van der Waals surface area contributed by atoms with Crippen LogP contribution in [0.15, 0.2) is 52.9 Å². The van der Waals surface area contributed by atoms with Crippen LogP contribution in [0.2, 0.25) is 0 Å². The molecule has 1 aromatic heterocycles. The minimum Gasteiger partial charge on any atom is -0.484 e. The Morgan fingerprint density at radius 1 is 1.22 bits per heavy atom. The number of benzene rings is 2. The molecule has 0 N–H and O–H groups in total. The topological polar surface area (TPSA) is 52.3 Å². The molecular formula is C18H14FNO3. The Kier molecular flexibility index (Phi) is 4.19. The number of nitrogens with zero attached hydrogens (tertiary/aromatic N) is 1. The van der Waals surface area contributed by atoms with Gasteiger partial charge in [0, 0.05) is 11.1 Å². The van der Waals surface area contributed by atoms with Crippen molar-refractivity contribution < 1.29 is 18.3 Å². The maximum Gasteiger partial charge on any atom is 0.226 e. The quantitative estimate of drug-likeness (QED) is 0.663. The van der Waals surface area contributed by atoms with Gasteiger partial charge in [0.1, 0.15) is 24.3 Å². The first-order valence-corrected chi connectivity index (χ1v) is 7.06. The van der Waals surface area contributed by atoms with E-state index in [1.807, 2.05) is 30.3 Å². The summed E-state index contributed by atoms with van der Waals surface area (Å²) in [6, 6.07) is 13.6. The first kappa shape index (κ1) is 15.0. The Hall–Kier alpha value is -2.95. The Bertz CT molecular complexity index is 828. The molecule has 0 amide bonds. The second-order valence-corrected chi connectivity index (χ2v) is 4.98. The fourth-order valence-electron chi connectivity index (χ4n) is 2.12. The van der Waals surface area contributed by atoms with Gasteiger partial charge in [0.05, 0.1) is 0 Å². The molecule has 0 bridgehead atoms. The molecule has 0 radical (unpaired) electrons. The number of ether oxygens (including phenoxy) is 1. The smallest absolute Gasteiger partial charge is 0.226 e. The molecular weight excluding hydrogens is 297 g/mol. The second kappa shape index (κ2) is 6.44. The van der Waals surface area contributed by atoms with E-state index >= 15 is 0 Å². The summed E-state index contributed by atoms with van der Waals surface area (Å²) in [6.07, 6.45) is 0.584. The summed E-state index contributed by atoms with van der Waals surface area (Å²) in [5, 5.41) is 0. The second-order valence-electron chi connectivity index (χ2n) is 4.98. The summed E-state index contributed by atoms with van der Waals surface area (Å²) in [5.41, 5.74) is 1.73. The van der Waals surface area contributed by atoms with Crippen LogP contribution >= 0.6 is 0 Å². The van der Waals surface area contributed by atoms with Gasteiger partial charge in [0.25, 0.3) is 0 Å². The van der Waals surface area contributed by atoms with Crippen LogP contribution < -0.4 is 4.74 Å². The number of aromatic nitrogens is 1. The van der Waals surface area contributed by atoms with Crippen LogP contribution in [0.1, 0.15) is 21.8 Å². The highest BCUT2D eigenvalue weighted by molar-refractivity contribution is 5.74. The van der Waals surface area contributed by atoms with Gasteiger partial charge >= 0.3 is 0 Å². The fraction of sp³-hybridized carbons (Fsp3) is 0.111. The molecule has 116 valence electrons. The van der Waals surface area contributed by atoms with E-state index in [0.717, 1.165) is 11.6 Å². The Morgan fingerprint density at radius 3 is 2.70 bits per heavy atom. The van der Waals surface area contributed by atoms with Crippen LogP contribution in [0, 0.1) is 12.7 Å². The third-order valence-corrected chi connectivity index (χ3v) is 3.37. The molecule has 4 nitrogen and oxygen atoms in total. The van der Waals surface area contributed by atoms with Gasteiger partial charge in [-0.05, 0) is 37.3 Å². The van der Waals surface area contributed by atoms with Gasteiger partial charge in [-0.1, -0.05) is 18.2 Å². The fourth-order valence-corrected chi connectivity index (χ4v) is 2.12. The lowest BCUT2D eigenvalue weighted by Crippen LogP contribution is -2.00. The number of rotatable bonds is 5. The minimum atomic E-state index is -0.584. The third-order valence-electron chi connectivity index (χ3n) is 3.37. The molecule has 0 fully saturated rings. The first-order chi connectivity index (χ1) is 11.2. The van der Waals surface area contributed by atoms with Crippen LogP contribution in [0.5, 0.6) is 5.75 Å². The summed E-state index contributed by atoms with van der Waals surface area (Å²) >= 11 is 0. The molecule has 3 aromatic rings. The Balaban J connectivity index is 1.76. The van der Waals surface area contributed by atoms with E-state index in [4.69, 9.17) is 9.15 Å². The molecule has 0 unspecified atom stereocenters. The number of aldehydes is 1. The van der Waals surface area contributed by atoms with Gasteiger partial charge in [-0.15, -0.1) is 0 Å². The maximum atomic E-state index is 13.8. The van der Waals surface area contributed by atoms with Crippen LogP contribution in [-0.4, -0.2) is 11.3 Å². The Morgan fingerprint density at radius 2 is 2.00 bits per heavy atom. The number of aryl methyl sites for hydroxylation is 1. The average Bonchev–Trinajstić information content (AvgIpc) is 2.95. The molecule has 0 saturated heterocycles. The predicted molar refractivity (Wildman–Crippen MR) is 82.8 cm³/mol. The number of halogens is 1. The van der Waals surface area contributed by atoms with Crippen molar-refractivity contribution in [1.29, 1.82) is 0 Å². The van der Waals surface area contributed by atoms with Crippen molar-refractivity contribution in [3.05, 3.63) is 71.4 Å². The zero-order valence-electron chi connectivity index (χ0n) is 12.5. The zero-order valence-corrected chi connectivity index (χ0v) is 12.5. The third kappa shape index (κ3) is 3.29. The first-order valence-electron chi connectivity index (χ1n) is 7.06. The van der Waals surface area contributed by atoms with Crippen molar-refractivity contribution in [1.82, 2.24) is 4.98 Å². The number of hydrogen-bond donors (Lipinski definition) is 0. The molecule has 23 heavy (non-hydrogen) atoms. The maximum absolute atomic E-state index is 13.8. The molecule has 0 aliphatic rings. The molecule has 0 saturated carbocycles. The summed E-state index contributed by atoms with van der Waals surface area (Å²) < 4.78 is 24.8. The predicted octanol–water partition coefficient (Wildman–Crippen LogP) is 4.18. The molecule has 0 atom stereocenters. The van der Waals surface area contributed by atoms with Crippen molar-refractivity contribution in [2.45, 2.75) is 13.5 Å². The van der Waals surface area contributed by atoms with E-state index in [2.05, 4.69) is 4.98 Å². The largest absolute Gasteiger partial charge is 0.484 e. The standard InChI is InChI=1S/C18H14FNO3/c1-12-16(20-18(23-12)14-5-3-2-4-6-14)11-22-17-8-7-13(10-21)9-15(17)19/h2-10H,11H2,1H3. The summed E-state index contributed by atoms with van der Waals surface area (Å²) in [5.74, 6) is 0.602. The van der Waals surface area contributed by atoms with Crippen molar-refractivity contribution in [2.24, 2.45) is 0 Å². The number of hydrogen-bond acceptors (Lipinski definition) is 4. The van der Waals surface area contributed by atoms with Gasteiger partial charge in [-0.3, -0.25) is 4.79 Å². The van der Waals surface area contributed by atoms with Gasteiger partial charge in [-0.25, -0.2) is 9.37 Å². The molecule has 0 aliphatic heterocycles. The SMILES string of the molecule is Cc1oc(-c2ccccc2)nc1COc1ccc(C=O)cc1F. The van der Waals surface area contributed by atoms with Gasteiger partial charge in [0.2, 0.25) is 5.89 Å². The number of carbonyl (C=O) groups is 1. The lowest BCUT2D eigenvalue weighted by atomic mass is 10.2. The Labute approximate surface area is 132 Å². The van der Waals surface area contributed by atoms with Gasteiger partial charge in [0.15, 0.2) is 11.6 Å². The molecule has 5 heteroatoms. The normalized spacial score (nSPS) is 10.5. The van der Waals surface area contributed by atoms with E-state index in [1.165, 1.54) is 12.1 Å². The van der Waals surface area contributed by atoms with Crippen LogP contribution in [0.25, 0.3) is 11.5 Å². The van der Waals surface area contributed by atoms with E-state index in [9.17, 15) is 9.18 Å². The van der Waals surface area contributed by atoms with Crippen molar-refractivity contribution in [3.63, 3.8) is 0 Å². The molecule has 2 aromatic carbocycles. The van der Waals surface area contributed by atoms with Gasteiger partial charge in [-0.2, -0.15) is 0 Å². The molecule has 0 aliphatic carbocycles. The van der Waals surface area contributed by atoms with E-state index < -0.39 is 5.82 Å². The van der Waals surface area contributed by atoms with Gasteiger partial charge < -0.3 is 9.15 Å². The van der Waals surface area contributed by atoms with Crippen LogP contribution in [-0.2, 0) is 6.61 Å². The van der Waals surface area contributed by atoms with Crippen molar-refractivity contribution >= 4 is 6.29 Å². The lowest BCUT2D eigenvalue weighted by Gasteiger charge is -2.05. The van der Waals surface area contributed by atoms with Crippen molar-refractivity contribution in [3.8, 4) is 17.2 Å². The summed E-state index contributed by atoms with van der Waals surface area (Å²) in [7, 11) is 0. The number of oxazole rings is 1. The molecule has 3 rings (SSSR count). The lowest BCUT2D eigenvalue weighted by molar-refractivity contribution is 0.112. The van der Waals surface area contributed by atoms with E-state index in [0.29, 0.717) is 23.6 Å². The van der Waals surface area contributed by atoms with E-state index in [1.54, 1.807) is 6.92 Å². The average molecular weight is 311 g/mol. The van der Waals surface area contributed by atoms with Crippen molar-refractivity contribution in [2.75, 3.05) is 0 Å². The highest BCUT2D eigenvalue weighted by Crippen LogP contribution is 2.23. The van der Waals surface area contributed by atoms with E-state index in [-0.39, 0.29) is 17.9 Å². The number of carbonyl (C=O) groups excluding carboxylic acids is 1. The highest BCUT2D eigenvalue weighted by atomic mass is 19.1. The van der Waals surface area contributed by atoms with Crippen LogP contribution in [0.3, 0.4) is 0 Å². The highest BCUT2D eigenvalue weighted by Gasteiger charge is 2.13. The molecule has 0 spiro atoms. The minimum absolute atomic E-state index is 0.0688.